The summed E-state index contributed by atoms with van der Waals surface area (Å²) in [5.41, 5.74) is 23.3. The van der Waals surface area contributed by atoms with Crippen molar-refractivity contribution in [3.63, 3.8) is 0 Å². The molecule has 0 fully saturated rings. The first-order valence-electron chi connectivity index (χ1n) is 25.3. The van der Waals surface area contributed by atoms with Gasteiger partial charge in [-0.15, -0.1) is 0 Å². The molecule has 0 aliphatic carbocycles. The van der Waals surface area contributed by atoms with Crippen LogP contribution in [0.15, 0.2) is 233 Å². The minimum atomic E-state index is -0.182. The van der Waals surface area contributed by atoms with Crippen molar-refractivity contribution < 1.29 is 4.42 Å². The molecule has 0 N–H and O–H groups in total. The van der Waals surface area contributed by atoms with Crippen LogP contribution in [-0.2, 0) is 10.8 Å². The smallest absolute Gasteiger partial charge is 0.249 e. The molecule has 72 heavy (non-hydrogen) atoms. The highest BCUT2D eigenvalue weighted by molar-refractivity contribution is 8.00. The van der Waals surface area contributed by atoms with Gasteiger partial charge < -0.3 is 9.32 Å². The first kappa shape index (κ1) is 44.2. The molecule has 0 unspecified atom stereocenters. The molecule has 0 amide bonds. The van der Waals surface area contributed by atoms with E-state index in [1.807, 2.05) is 11.8 Å². The number of hydrogen-bond acceptors (Lipinski definition) is 3. The van der Waals surface area contributed by atoms with E-state index in [4.69, 9.17) is 4.42 Å². The van der Waals surface area contributed by atoms with Gasteiger partial charge in [-0.1, -0.05) is 229 Å². The fraction of sp³-hybridized carbons (Fsp3) is 0.118. The van der Waals surface area contributed by atoms with Crippen molar-refractivity contribution in [2.75, 3.05) is 4.90 Å². The Bertz CT molecular complexity index is 3920. The Morgan fingerprint density at radius 3 is 1.61 bits per heavy atom. The van der Waals surface area contributed by atoms with Crippen molar-refractivity contribution in [1.82, 2.24) is 0 Å². The van der Waals surface area contributed by atoms with Crippen molar-refractivity contribution in [3.8, 4) is 55.6 Å². The van der Waals surface area contributed by atoms with E-state index in [0.29, 0.717) is 0 Å². The molecular weight excluding hydrogens is 890 g/mol. The van der Waals surface area contributed by atoms with Crippen LogP contribution in [0.4, 0.5) is 17.1 Å². The van der Waals surface area contributed by atoms with Crippen LogP contribution in [0.5, 0.6) is 0 Å². The van der Waals surface area contributed by atoms with E-state index < -0.39 is 0 Å². The number of benzene rings is 10. The molecule has 3 heterocycles. The van der Waals surface area contributed by atoms with Gasteiger partial charge >= 0.3 is 0 Å². The maximum absolute atomic E-state index is 7.02. The summed E-state index contributed by atoms with van der Waals surface area (Å²) >= 11 is 1.93. The number of furan rings is 1. The first-order chi connectivity index (χ1) is 35.0. The number of rotatable bonds is 6. The Labute approximate surface area is 428 Å². The van der Waals surface area contributed by atoms with Crippen molar-refractivity contribution in [3.05, 3.63) is 230 Å². The van der Waals surface area contributed by atoms with Crippen LogP contribution in [0.25, 0.3) is 77.6 Å². The highest BCUT2D eigenvalue weighted by atomic mass is 32.2. The molecule has 346 valence electrons. The van der Waals surface area contributed by atoms with E-state index in [1.54, 1.807) is 0 Å². The standard InChI is InChI=1S/C68H54BNOS/c1-67(2,3)50-39-55(49-27-18-26-46(36-49)43-20-10-7-11-21-43)65(56(40-50)54-30-19-29-53-52-28-16-17-31-61(52)71-66(53)54)70-59-34-32-47(44-22-12-8-13-23-44)37-57(59)69-58-38-48(45-24-14-9-15-25-45)33-35-62(58)72-63-42-51(68(4,5)6)41-60(70)64(63)69/h7-42H,1-6H3. The summed E-state index contributed by atoms with van der Waals surface area (Å²) in [5.74, 6) is 0. The lowest BCUT2D eigenvalue weighted by Gasteiger charge is -2.43. The fourth-order valence-corrected chi connectivity index (χ4v) is 12.4. The number of fused-ring (bicyclic) bond motifs is 7. The molecule has 2 nitrogen and oxygen atoms in total. The highest BCUT2D eigenvalue weighted by Crippen LogP contribution is 2.53. The molecule has 0 atom stereocenters. The average Bonchev–Trinajstić information content (AvgIpc) is 3.79. The second-order valence-corrected chi connectivity index (χ2v) is 22.8. The summed E-state index contributed by atoms with van der Waals surface area (Å²) in [7, 11) is 0. The Morgan fingerprint density at radius 2 is 0.931 bits per heavy atom. The molecule has 4 heteroatoms. The van der Waals surface area contributed by atoms with Crippen LogP contribution in [0.1, 0.15) is 52.7 Å². The summed E-state index contributed by atoms with van der Waals surface area (Å²) in [6.07, 6.45) is 0. The van der Waals surface area contributed by atoms with Gasteiger partial charge in [0.1, 0.15) is 11.2 Å². The van der Waals surface area contributed by atoms with Crippen LogP contribution in [0, 0.1) is 0 Å². The molecule has 0 bridgehead atoms. The van der Waals surface area contributed by atoms with Crippen molar-refractivity contribution >= 4 is 73.9 Å². The largest absolute Gasteiger partial charge is 0.455 e. The van der Waals surface area contributed by atoms with Gasteiger partial charge in [-0.05, 0) is 120 Å². The Kier molecular flexibility index (Phi) is 10.4. The van der Waals surface area contributed by atoms with Gasteiger partial charge in [0.25, 0.3) is 0 Å². The average molecular weight is 944 g/mol. The van der Waals surface area contributed by atoms with Crippen molar-refractivity contribution in [1.29, 1.82) is 0 Å². The SMILES string of the molecule is CC(C)(C)c1cc(-c2cccc(-c3ccccc3)c2)c(N2c3ccc(-c4ccccc4)cc3B3c4cc(-c5ccccc5)ccc4Sc4cc(C(C)(C)C)cc2c43)c(-c2cccc3c2oc2ccccc23)c1. The Balaban J connectivity index is 1.18. The van der Waals surface area contributed by atoms with E-state index >= 15 is 0 Å². The monoisotopic (exact) mass is 943 g/mol. The summed E-state index contributed by atoms with van der Waals surface area (Å²) in [6, 6.07) is 81.3. The van der Waals surface area contributed by atoms with E-state index in [0.717, 1.165) is 44.3 Å². The number of hydrogen-bond donors (Lipinski definition) is 0. The molecule has 1 aromatic heterocycles. The quantitative estimate of drug-likeness (QED) is 0.155. The van der Waals surface area contributed by atoms with Gasteiger partial charge in [0.15, 0.2) is 0 Å². The van der Waals surface area contributed by atoms with Gasteiger partial charge in [0, 0.05) is 48.6 Å². The Hall–Kier alpha value is -7.79. The molecule has 0 radical (unpaired) electrons. The normalized spacial score (nSPS) is 13.0. The van der Waals surface area contributed by atoms with Gasteiger partial charge in [0.2, 0.25) is 6.71 Å². The second-order valence-electron chi connectivity index (χ2n) is 21.7. The van der Waals surface area contributed by atoms with Gasteiger partial charge in [-0.2, -0.15) is 0 Å². The first-order valence-corrected chi connectivity index (χ1v) is 26.1. The van der Waals surface area contributed by atoms with Crippen molar-refractivity contribution in [2.45, 2.75) is 62.2 Å². The van der Waals surface area contributed by atoms with E-state index in [-0.39, 0.29) is 17.5 Å². The topological polar surface area (TPSA) is 16.4 Å². The third-order valence-electron chi connectivity index (χ3n) is 15.0. The van der Waals surface area contributed by atoms with Gasteiger partial charge in [-0.3, -0.25) is 0 Å². The molecule has 0 saturated carbocycles. The third-order valence-corrected chi connectivity index (χ3v) is 16.2. The second kappa shape index (κ2) is 16.9. The maximum atomic E-state index is 7.02. The van der Waals surface area contributed by atoms with Crippen LogP contribution >= 0.6 is 11.8 Å². The number of nitrogens with zero attached hydrogens (tertiary/aromatic N) is 1. The van der Waals surface area contributed by atoms with Crippen LogP contribution < -0.4 is 21.3 Å². The summed E-state index contributed by atoms with van der Waals surface area (Å²) in [6.45, 7) is 14.0. The maximum Gasteiger partial charge on any atom is 0.249 e. The molecular formula is C68H54BNOS. The highest BCUT2D eigenvalue weighted by Gasteiger charge is 2.43. The third kappa shape index (κ3) is 7.42. The summed E-state index contributed by atoms with van der Waals surface area (Å²) in [4.78, 5) is 5.27. The zero-order valence-electron chi connectivity index (χ0n) is 41.6. The summed E-state index contributed by atoms with van der Waals surface area (Å²) in [5, 5.41) is 2.24. The molecule has 2 aliphatic rings. The minimum Gasteiger partial charge on any atom is -0.455 e. The molecule has 11 aromatic rings. The molecule has 13 rings (SSSR count). The lowest BCUT2D eigenvalue weighted by Crippen LogP contribution is -2.60. The molecule has 10 aromatic carbocycles. The zero-order chi connectivity index (χ0) is 48.9. The van der Waals surface area contributed by atoms with E-state index in [9.17, 15) is 0 Å². The lowest BCUT2D eigenvalue weighted by molar-refractivity contribution is 0.589. The predicted molar refractivity (Wildman–Crippen MR) is 308 cm³/mol. The molecule has 0 spiro atoms. The van der Waals surface area contributed by atoms with E-state index in [1.165, 1.54) is 87.6 Å². The Morgan fingerprint density at radius 1 is 0.389 bits per heavy atom. The van der Waals surface area contributed by atoms with Crippen LogP contribution in [0.2, 0.25) is 0 Å². The molecule has 2 aliphatic heterocycles. The fourth-order valence-electron chi connectivity index (χ4n) is 11.2. The van der Waals surface area contributed by atoms with Crippen molar-refractivity contribution in [2.24, 2.45) is 0 Å². The minimum absolute atomic E-state index is 0.0280. The number of anilines is 3. The van der Waals surface area contributed by atoms with E-state index in [2.05, 4.69) is 265 Å². The zero-order valence-corrected chi connectivity index (χ0v) is 42.4. The summed E-state index contributed by atoms with van der Waals surface area (Å²) < 4.78 is 7.02. The van der Waals surface area contributed by atoms with Gasteiger partial charge in [-0.25, -0.2) is 0 Å². The van der Waals surface area contributed by atoms with Crippen LogP contribution in [-0.4, -0.2) is 6.71 Å². The predicted octanol–water partition coefficient (Wildman–Crippen LogP) is 17.3. The van der Waals surface area contributed by atoms with Gasteiger partial charge in [0.05, 0.1) is 5.69 Å². The lowest BCUT2D eigenvalue weighted by atomic mass is 9.34. The van der Waals surface area contributed by atoms with Crippen LogP contribution in [0.3, 0.4) is 0 Å². The molecule has 0 saturated heterocycles. The number of para-hydroxylation sites is 2.